The number of nitrogens with zero attached hydrogens (tertiary/aromatic N) is 3. The van der Waals surface area contributed by atoms with Crippen molar-refractivity contribution in [1.29, 1.82) is 0 Å². The SMILES string of the molecule is O=C(NCc1cccnc1-n1cccn1)C(F)(F)c1ccccc1. The highest BCUT2D eigenvalue weighted by Crippen LogP contribution is 2.28. The predicted molar refractivity (Wildman–Crippen MR) is 83.5 cm³/mol. The van der Waals surface area contributed by atoms with Crippen LogP contribution in [0.15, 0.2) is 67.1 Å². The summed E-state index contributed by atoms with van der Waals surface area (Å²) in [5.74, 6) is -4.48. The smallest absolute Gasteiger partial charge is 0.346 e. The molecule has 24 heavy (non-hydrogen) atoms. The number of alkyl halides is 2. The van der Waals surface area contributed by atoms with Crippen molar-refractivity contribution in [3.05, 3.63) is 78.2 Å². The van der Waals surface area contributed by atoms with Crippen molar-refractivity contribution in [3.8, 4) is 5.82 Å². The lowest BCUT2D eigenvalue weighted by atomic mass is 10.1. The Morgan fingerprint density at radius 1 is 1.08 bits per heavy atom. The number of hydrogen-bond donors (Lipinski definition) is 1. The van der Waals surface area contributed by atoms with Crippen LogP contribution in [0, 0.1) is 0 Å². The molecular formula is C17H14F2N4O. The fourth-order valence-electron chi connectivity index (χ4n) is 2.23. The molecule has 0 aliphatic carbocycles. The van der Waals surface area contributed by atoms with Gasteiger partial charge in [-0.25, -0.2) is 9.67 Å². The van der Waals surface area contributed by atoms with Gasteiger partial charge in [0.2, 0.25) is 0 Å². The van der Waals surface area contributed by atoms with Gasteiger partial charge in [-0.1, -0.05) is 36.4 Å². The maximum Gasteiger partial charge on any atom is 0.349 e. The second-order valence-corrected chi connectivity index (χ2v) is 5.06. The van der Waals surface area contributed by atoms with Crippen LogP contribution in [0.5, 0.6) is 0 Å². The third-order valence-electron chi connectivity index (χ3n) is 3.45. The number of benzene rings is 1. The molecule has 1 amide bonds. The average molecular weight is 328 g/mol. The van der Waals surface area contributed by atoms with Crippen molar-refractivity contribution in [2.24, 2.45) is 0 Å². The Morgan fingerprint density at radius 2 is 1.88 bits per heavy atom. The van der Waals surface area contributed by atoms with Crippen LogP contribution in [0.2, 0.25) is 0 Å². The molecule has 2 aromatic heterocycles. The summed E-state index contributed by atoms with van der Waals surface area (Å²) in [6.07, 6.45) is 4.84. The van der Waals surface area contributed by atoms with Crippen LogP contribution in [-0.2, 0) is 17.3 Å². The number of rotatable bonds is 5. The molecule has 0 saturated carbocycles. The molecule has 0 unspecified atom stereocenters. The maximum atomic E-state index is 14.2. The normalized spacial score (nSPS) is 11.2. The van der Waals surface area contributed by atoms with E-state index in [0.717, 1.165) is 0 Å². The molecule has 1 N–H and O–H groups in total. The highest BCUT2D eigenvalue weighted by atomic mass is 19.3. The highest BCUT2D eigenvalue weighted by molar-refractivity contribution is 5.84. The van der Waals surface area contributed by atoms with Crippen LogP contribution < -0.4 is 5.32 Å². The maximum absolute atomic E-state index is 14.2. The molecule has 122 valence electrons. The van der Waals surface area contributed by atoms with Gasteiger partial charge in [-0.2, -0.15) is 13.9 Å². The van der Waals surface area contributed by atoms with E-state index in [1.165, 1.54) is 28.9 Å². The first-order valence-electron chi connectivity index (χ1n) is 7.24. The van der Waals surface area contributed by atoms with Gasteiger partial charge in [0, 0.05) is 36.3 Å². The number of carbonyl (C=O) groups is 1. The zero-order valence-electron chi connectivity index (χ0n) is 12.6. The van der Waals surface area contributed by atoms with Gasteiger partial charge in [0.15, 0.2) is 5.82 Å². The molecule has 0 spiro atoms. The van der Waals surface area contributed by atoms with Crippen molar-refractivity contribution >= 4 is 5.91 Å². The van der Waals surface area contributed by atoms with Crippen LogP contribution in [0.4, 0.5) is 8.78 Å². The van der Waals surface area contributed by atoms with Crippen LogP contribution in [-0.4, -0.2) is 20.7 Å². The molecule has 0 fully saturated rings. The Morgan fingerprint density at radius 3 is 2.58 bits per heavy atom. The standard InChI is InChI=1S/C17H14F2N4O/c18-17(19,14-7-2-1-3-8-14)16(24)21-12-13-6-4-9-20-15(13)23-11-5-10-22-23/h1-11H,12H2,(H,21,24). The number of pyridine rings is 1. The van der Waals surface area contributed by atoms with E-state index < -0.39 is 11.8 Å². The van der Waals surface area contributed by atoms with Crippen LogP contribution in [0.1, 0.15) is 11.1 Å². The van der Waals surface area contributed by atoms with Gasteiger partial charge in [0.25, 0.3) is 5.91 Å². The van der Waals surface area contributed by atoms with E-state index in [0.29, 0.717) is 11.4 Å². The monoisotopic (exact) mass is 328 g/mol. The number of aromatic nitrogens is 3. The summed E-state index contributed by atoms with van der Waals surface area (Å²) in [5, 5.41) is 6.33. The second kappa shape index (κ2) is 6.57. The summed E-state index contributed by atoms with van der Waals surface area (Å²) in [7, 11) is 0. The molecule has 0 radical (unpaired) electrons. The summed E-state index contributed by atoms with van der Waals surface area (Å²) in [4.78, 5) is 16.1. The van der Waals surface area contributed by atoms with Crippen LogP contribution in [0.3, 0.4) is 0 Å². The van der Waals surface area contributed by atoms with E-state index in [4.69, 9.17) is 0 Å². The lowest BCUT2D eigenvalue weighted by Gasteiger charge is -2.17. The first kappa shape index (κ1) is 15.8. The molecule has 3 rings (SSSR count). The number of nitrogens with one attached hydrogen (secondary N) is 1. The Hall–Kier alpha value is -3.09. The molecule has 2 heterocycles. The number of hydrogen-bond acceptors (Lipinski definition) is 3. The van der Waals surface area contributed by atoms with Crippen LogP contribution >= 0.6 is 0 Å². The molecule has 0 aliphatic rings. The van der Waals surface area contributed by atoms with E-state index in [2.05, 4.69) is 15.4 Å². The second-order valence-electron chi connectivity index (χ2n) is 5.06. The van der Waals surface area contributed by atoms with Crippen molar-refractivity contribution in [1.82, 2.24) is 20.1 Å². The summed E-state index contributed by atoms with van der Waals surface area (Å²) in [6.45, 7) is -0.0791. The van der Waals surface area contributed by atoms with Crippen LogP contribution in [0.25, 0.3) is 5.82 Å². The van der Waals surface area contributed by atoms with Gasteiger partial charge in [0.05, 0.1) is 0 Å². The first-order chi connectivity index (χ1) is 11.6. The number of carbonyl (C=O) groups excluding carboxylic acids is 1. The van der Waals surface area contributed by atoms with E-state index in [1.54, 1.807) is 42.9 Å². The van der Waals surface area contributed by atoms with Gasteiger partial charge in [-0.3, -0.25) is 4.79 Å². The Balaban J connectivity index is 1.76. The minimum atomic E-state index is -3.60. The van der Waals surface area contributed by atoms with Gasteiger partial charge < -0.3 is 5.32 Å². The molecule has 0 saturated heterocycles. The van der Waals surface area contributed by atoms with E-state index >= 15 is 0 Å². The van der Waals surface area contributed by atoms with Crippen molar-refractivity contribution < 1.29 is 13.6 Å². The Kier molecular flexibility index (Phi) is 4.33. The summed E-state index contributed by atoms with van der Waals surface area (Å²) in [5.41, 5.74) is 0.236. The fraction of sp³-hybridized carbons (Fsp3) is 0.118. The molecule has 0 atom stereocenters. The van der Waals surface area contributed by atoms with Gasteiger partial charge in [-0.15, -0.1) is 0 Å². The topological polar surface area (TPSA) is 59.8 Å². The Bertz CT molecular complexity index is 820. The minimum Gasteiger partial charge on any atom is -0.346 e. The van der Waals surface area contributed by atoms with Crippen molar-refractivity contribution in [3.63, 3.8) is 0 Å². The highest BCUT2D eigenvalue weighted by Gasteiger charge is 2.40. The van der Waals surface area contributed by atoms with Crippen molar-refractivity contribution in [2.45, 2.75) is 12.5 Å². The van der Waals surface area contributed by atoms with E-state index in [9.17, 15) is 13.6 Å². The lowest BCUT2D eigenvalue weighted by molar-refractivity contribution is -0.147. The molecular weight excluding hydrogens is 314 g/mol. The summed E-state index contributed by atoms with van der Waals surface area (Å²) < 4.78 is 29.9. The summed E-state index contributed by atoms with van der Waals surface area (Å²) in [6, 6.07) is 12.1. The lowest BCUT2D eigenvalue weighted by Crippen LogP contribution is -2.37. The van der Waals surface area contributed by atoms with Gasteiger partial charge in [-0.05, 0) is 12.1 Å². The number of halogens is 2. The quantitative estimate of drug-likeness (QED) is 0.783. The minimum absolute atomic E-state index is 0.0791. The summed E-state index contributed by atoms with van der Waals surface area (Å²) >= 11 is 0. The predicted octanol–water partition coefficient (Wildman–Crippen LogP) is 2.68. The largest absolute Gasteiger partial charge is 0.349 e. The molecule has 7 heteroatoms. The molecule has 5 nitrogen and oxygen atoms in total. The van der Waals surface area contributed by atoms with Gasteiger partial charge >= 0.3 is 5.92 Å². The number of amides is 1. The first-order valence-corrected chi connectivity index (χ1v) is 7.24. The van der Waals surface area contributed by atoms with E-state index in [1.807, 2.05) is 0 Å². The van der Waals surface area contributed by atoms with Gasteiger partial charge in [0.1, 0.15) is 0 Å². The third-order valence-corrected chi connectivity index (χ3v) is 3.45. The average Bonchev–Trinajstić information content (AvgIpc) is 3.15. The zero-order chi connectivity index (χ0) is 17.0. The molecule has 0 aliphatic heterocycles. The Labute approximate surface area is 137 Å². The molecule has 1 aromatic carbocycles. The third kappa shape index (κ3) is 3.15. The molecule has 0 bridgehead atoms. The fourth-order valence-corrected chi connectivity index (χ4v) is 2.23. The zero-order valence-corrected chi connectivity index (χ0v) is 12.6. The van der Waals surface area contributed by atoms with E-state index in [-0.39, 0.29) is 12.1 Å². The molecule has 3 aromatic rings. The van der Waals surface area contributed by atoms with Crippen molar-refractivity contribution in [2.75, 3.05) is 0 Å².